The number of carbonyl (C=O) groups is 2. The monoisotopic (exact) mass is 274 g/mol. The molecule has 0 spiro atoms. The molecule has 0 aromatic rings. The molecule has 112 valence electrons. The van der Waals surface area contributed by atoms with Gasteiger partial charge in [0.1, 0.15) is 11.6 Å². The first kappa shape index (κ1) is 17.7. The number of nitrogens with one attached hydrogen (secondary N) is 2. The van der Waals surface area contributed by atoms with Crippen LogP contribution in [0.5, 0.6) is 0 Å². The number of carbonyl (C=O) groups excluding carboxylic acids is 2. The molecule has 6 heteroatoms. The van der Waals surface area contributed by atoms with E-state index in [0.717, 1.165) is 0 Å². The largest absolute Gasteiger partial charge is 0.468 e. The van der Waals surface area contributed by atoms with E-state index in [9.17, 15) is 9.59 Å². The number of alkyl carbamates (subject to hydrolysis) is 1. The fourth-order valence-electron chi connectivity index (χ4n) is 1.26. The Hall–Kier alpha value is -1.30. The number of rotatable bonds is 6. The van der Waals surface area contributed by atoms with Crippen LogP contribution in [0, 0.1) is 5.92 Å². The van der Waals surface area contributed by atoms with Crippen LogP contribution in [0.3, 0.4) is 0 Å². The minimum absolute atomic E-state index is 0.133. The Bertz CT molecular complexity index is 298. The van der Waals surface area contributed by atoms with Gasteiger partial charge in [0.05, 0.1) is 7.11 Å². The van der Waals surface area contributed by atoms with Gasteiger partial charge in [0.15, 0.2) is 0 Å². The predicted octanol–water partition coefficient (Wildman–Crippen LogP) is 1.30. The Morgan fingerprint density at radius 1 is 1.16 bits per heavy atom. The minimum atomic E-state index is -0.570. The van der Waals surface area contributed by atoms with Crippen LogP contribution in [-0.2, 0) is 14.3 Å². The predicted molar refractivity (Wildman–Crippen MR) is 72.9 cm³/mol. The number of esters is 1. The molecule has 1 amide bonds. The lowest BCUT2D eigenvalue weighted by Crippen LogP contribution is -2.48. The minimum Gasteiger partial charge on any atom is -0.468 e. The molecule has 0 aliphatic carbocycles. The normalized spacial score (nSPS) is 13.0. The van der Waals surface area contributed by atoms with Crippen LogP contribution in [0.1, 0.15) is 34.6 Å². The topological polar surface area (TPSA) is 76.7 Å². The SMILES string of the molecule is COC(=O)[C@H](CNC(=O)OC(C)(C)C)NCC(C)C. The van der Waals surface area contributed by atoms with Crippen molar-refractivity contribution in [2.75, 3.05) is 20.2 Å². The number of amides is 1. The first-order valence-corrected chi connectivity index (χ1v) is 6.43. The van der Waals surface area contributed by atoms with E-state index in [1.165, 1.54) is 7.11 Å². The third-order valence-corrected chi connectivity index (χ3v) is 2.11. The van der Waals surface area contributed by atoms with E-state index < -0.39 is 23.7 Å². The second kappa shape index (κ2) is 7.99. The van der Waals surface area contributed by atoms with E-state index in [-0.39, 0.29) is 6.54 Å². The second-order valence-corrected chi connectivity index (χ2v) is 5.76. The summed E-state index contributed by atoms with van der Waals surface area (Å²) < 4.78 is 9.78. The zero-order valence-corrected chi connectivity index (χ0v) is 12.7. The number of hydrogen-bond acceptors (Lipinski definition) is 5. The molecule has 0 aromatic heterocycles. The molecule has 0 saturated carbocycles. The summed E-state index contributed by atoms with van der Waals surface area (Å²) in [5.41, 5.74) is -0.559. The molecule has 19 heavy (non-hydrogen) atoms. The lowest BCUT2D eigenvalue weighted by molar-refractivity contribution is -0.143. The Morgan fingerprint density at radius 3 is 2.16 bits per heavy atom. The Kier molecular flexibility index (Phi) is 7.44. The molecule has 0 fully saturated rings. The zero-order chi connectivity index (χ0) is 15.1. The summed E-state index contributed by atoms with van der Waals surface area (Å²) in [6.07, 6.45) is -0.548. The van der Waals surface area contributed by atoms with Crippen LogP contribution in [0.4, 0.5) is 4.79 Å². The quantitative estimate of drug-likeness (QED) is 0.714. The molecule has 0 bridgehead atoms. The smallest absolute Gasteiger partial charge is 0.407 e. The average Bonchev–Trinajstić information content (AvgIpc) is 2.25. The number of ether oxygens (including phenoxy) is 2. The highest BCUT2D eigenvalue weighted by molar-refractivity contribution is 5.77. The van der Waals surface area contributed by atoms with Crippen LogP contribution in [0.25, 0.3) is 0 Å². The summed E-state index contributed by atoms with van der Waals surface area (Å²) in [7, 11) is 1.32. The lowest BCUT2D eigenvalue weighted by atomic mass is 10.2. The standard InChI is InChI=1S/C13H26N2O4/c1-9(2)7-14-10(11(16)18-6)8-15-12(17)19-13(3,4)5/h9-10,14H,7-8H2,1-6H3,(H,15,17)/t10-/m0/s1. The highest BCUT2D eigenvalue weighted by Crippen LogP contribution is 2.06. The summed E-state index contributed by atoms with van der Waals surface area (Å²) in [5, 5.41) is 5.60. The van der Waals surface area contributed by atoms with Gasteiger partial charge in [-0.05, 0) is 33.2 Å². The van der Waals surface area contributed by atoms with E-state index >= 15 is 0 Å². The first-order valence-electron chi connectivity index (χ1n) is 6.43. The Balaban J connectivity index is 4.26. The molecule has 0 rings (SSSR count). The van der Waals surface area contributed by atoms with Gasteiger partial charge < -0.3 is 20.1 Å². The molecule has 0 heterocycles. The molecule has 6 nitrogen and oxygen atoms in total. The van der Waals surface area contributed by atoms with E-state index in [4.69, 9.17) is 4.74 Å². The average molecular weight is 274 g/mol. The van der Waals surface area contributed by atoms with Crippen molar-refractivity contribution < 1.29 is 19.1 Å². The molecule has 0 saturated heterocycles. The Labute approximate surface area is 115 Å². The van der Waals surface area contributed by atoms with Crippen LogP contribution in [0.2, 0.25) is 0 Å². The van der Waals surface area contributed by atoms with Gasteiger partial charge in [0.2, 0.25) is 0 Å². The van der Waals surface area contributed by atoms with Gasteiger partial charge in [0.25, 0.3) is 0 Å². The summed E-state index contributed by atoms with van der Waals surface area (Å²) in [4.78, 5) is 23.0. The number of methoxy groups -OCH3 is 1. The fraction of sp³-hybridized carbons (Fsp3) is 0.846. The highest BCUT2D eigenvalue weighted by Gasteiger charge is 2.22. The Morgan fingerprint density at radius 2 is 1.74 bits per heavy atom. The van der Waals surface area contributed by atoms with Gasteiger partial charge in [0, 0.05) is 6.54 Å². The van der Waals surface area contributed by atoms with Gasteiger partial charge in [-0.15, -0.1) is 0 Å². The third-order valence-electron chi connectivity index (χ3n) is 2.11. The molecule has 0 radical (unpaired) electrons. The molecule has 0 aliphatic heterocycles. The van der Waals surface area contributed by atoms with Crippen molar-refractivity contribution in [1.29, 1.82) is 0 Å². The van der Waals surface area contributed by atoms with E-state index in [1.54, 1.807) is 20.8 Å². The number of hydrogen-bond donors (Lipinski definition) is 2. The molecule has 1 atom stereocenters. The first-order chi connectivity index (χ1) is 8.65. The summed E-state index contributed by atoms with van der Waals surface area (Å²) >= 11 is 0. The van der Waals surface area contributed by atoms with E-state index in [2.05, 4.69) is 15.4 Å². The van der Waals surface area contributed by atoms with E-state index in [0.29, 0.717) is 12.5 Å². The summed E-state index contributed by atoms with van der Waals surface area (Å²) in [5.74, 6) is -0.00890. The van der Waals surface area contributed by atoms with Crippen LogP contribution < -0.4 is 10.6 Å². The van der Waals surface area contributed by atoms with Crippen molar-refractivity contribution in [3.8, 4) is 0 Å². The van der Waals surface area contributed by atoms with Gasteiger partial charge in [-0.1, -0.05) is 13.8 Å². The van der Waals surface area contributed by atoms with Crippen molar-refractivity contribution >= 4 is 12.1 Å². The molecular formula is C13H26N2O4. The van der Waals surface area contributed by atoms with Gasteiger partial charge in [-0.3, -0.25) is 4.79 Å². The summed E-state index contributed by atoms with van der Waals surface area (Å²) in [6.45, 7) is 10.2. The summed E-state index contributed by atoms with van der Waals surface area (Å²) in [6, 6.07) is -0.570. The molecule has 0 unspecified atom stereocenters. The highest BCUT2D eigenvalue weighted by atomic mass is 16.6. The molecule has 2 N–H and O–H groups in total. The van der Waals surface area contributed by atoms with Gasteiger partial charge >= 0.3 is 12.1 Å². The molecular weight excluding hydrogens is 248 g/mol. The third kappa shape index (κ3) is 9.30. The maximum Gasteiger partial charge on any atom is 0.407 e. The van der Waals surface area contributed by atoms with Gasteiger partial charge in [-0.2, -0.15) is 0 Å². The zero-order valence-electron chi connectivity index (χ0n) is 12.7. The van der Waals surface area contributed by atoms with Crippen molar-refractivity contribution in [3.63, 3.8) is 0 Å². The lowest BCUT2D eigenvalue weighted by Gasteiger charge is -2.22. The van der Waals surface area contributed by atoms with Crippen molar-refractivity contribution in [2.45, 2.75) is 46.3 Å². The van der Waals surface area contributed by atoms with Crippen molar-refractivity contribution in [2.24, 2.45) is 5.92 Å². The second-order valence-electron chi connectivity index (χ2n) is 5.76. The van der Waals surface area contributed by atoms with Crippen LogP contribution in [-0.4, -0.2) is 43.9 Å². The molecule has 0 aromatic carbocycles. The fourth-order valence-corrected chi connectivity index (χ4v) is 1.26. The van der Waals surface area contributed by atoms with Gasteiger partial charge in [-0.25, -0.2) is 4.79 Å². The van der Waals surface area contributed by atoms with Crippen molar-refractivity contribution in [1.82, 2.24) is 10.6 Å². The van der Waals surface area contributed by atoms with Crippen LogP contribution in [0.15, 0.2) is 0 Å². The van der Waals surface area contributed by atoms with Crippen LogP contribution >= 0.6 is 0 Å². The van der Waals surface area contributed by atoms with Crippen molar-refractivity contribution in [3.05, 3.63) is 0 Å². The maximum atomic E-state index is 11.5. The molecule has 0 aliphatic rings. The van der Waals surface area contributed by atoms with E-state index in [1.807, 2.05) is 13.8 Å². The maximum absolute atomic E-state index is 11.5.